The zero-order valence-electron chi connectivity index (χ0n) is 8.60. The molecule has 0 bridgehead atoms. The number of hydrogen-bond donors (Lipinski definition) is 1. The van der Waals surface area contributed by atoms with E-state index < -0.39 is 0 Å². The number of ether oxygens (including phenoxy) is 1. The third kappa shape index (κ3) is 2.42. The second-order valence-corrected chi connectivity index (χ2v) is 3.33. The largest absolute Gasteiger partial charge is 0.497 e. The van der Waals surface area contributed by atoms with Crippen LogP contribution in [0.2, 0.25) is 0 Å². The summed E-state index contributed by atoms with van der Waals surface area (Å²) in [6, 6.07) is 3.97. The molecule has 2 nitrogen and oxygen atoms in total. The highest BCUT2D eigenvalue weighted by molar-refractivity contribution is 6.25. The molecule has 0 aliphatic heterocycles. The minimum atomic E-state index is 0.875. The number of benzene rings is 1. The molecule has 76 valence electrons. The predicted octanol–water partition coefficient (Wildman–Crippen LogP) is 3.43. The van der Waals surface area contributed by atoms with Gasteiger partial charge in [-0.1, -0.05) is 11.6 Å². The maximum atomic E-state index is 5.45. The molecular formula is C11H14ClNO. The van der Waals surface area contributed by atoms with Gasteiger partial charge in [0.05, 0.1) is 7.11 Å². The molecule has 0 spiro atoms. The molecule has 0 saturated heterocycles. The SMILES string of the molecule is COc1cc(C)c(N/C=C/Cl)c(C)c1. The summed E-state index contributed by atoms with van der Waals surface area (Å²) in [6.45, 7) is 4.06. The maximum Gasteiger partial charge on any atom is 0.119 e. The second-order valence-electron chi connectivity index (χ2n) is 3.07. The Hall–Kier alpha value is -1.15. The highest BCUT2D eigenvalue weighted by atomic mass is 35.5. The van der Waals surface area contributed by atoms with Crippen molar-refractivity contribution < 1.29 is 4.74 Å². The van der Waals surface area contributed by atoms with Gasteiger partial charge in [0.2, 0.25) is 0 Å². The Morgan fingerprint density at radius 3 is 2.29 bits per heavy atom. The van der Waals surface area contributed by atoms with Crippen LogP contribution < -0.4 is 10.1 Å². The zero-order valence-corrected chi connectivity index (χ0v) is 9.35. The van der Waals surface area contributed by atoms with Crippen LogP contribution in [0, 0.1) is 13.8 Å². The van der Waals surface area contributed by atoms with Gasteiger partial charge in [0.1, 0.15) is 5.75 Å². The predicted molar refractivity (Wildman–Crippen MR) is 61.1 cm³/mol. The van der Waals surface area contributed by atoms with Crippen molar-refractivity contribution in [2.24, 2.45) is 0 Å². The van der Waals surface area contributed by atoms with Gasteiger partial charge in [-0.2, -0.15) is 0 Å². The molecule has 1 aromatic rings. The molecule has 14 heavy (non-hydrogen) atoms. The number of nitrogens with one attached hydrogen (secondary N) is 1. The molecule has 0 atom stereocenters. The lowest BCUT2D eigenvalue weighted by Crippen LogP contribution is -1.95. The summed E-state index contributed by atoms with van der Waals surface area (Å²) >= 11 is 5.45. The molecule has 3 heteroatoms. The fourth-order valence-electron chi connectivity index (χ4n) is 1.38. The van der Waals surface area contributed by atoms with Gasteiger partial charge < -0.3 is 10.1 Å². The van der Waals surface area contributed by atoms with Crippen molar-refractivity contribution in [1.82, 2.24) is 0 Å². The van der Waals surface area contributed by atoms with Crippen molar-refractivity contribution in [2.75, 3.05) is 12.4 Å². The molecule has 0 heterocycles. The molecule has 0 unspecified atom stereocenters. The van der Waals surface area contributed by atoms with Gasteiger partial charge in [-0.15, -0.1) is 0 Å². The van der Waals surface area contributed by atoms with Gasteiger partial charge in [0.15, 0.2) is 0 Å². The van der Waals surface area contributed by atoms with Crippen molar-refractivity contribution in [3.05, 3.63) is 35.0 Å². The van der Waals surface area contributed by atoms with E-state index in [-0.39, 0.29) is 0 Å². The quantitative estimate of drug-likeness (QED) is 0.827. The van der Waals surface area contributed by atoms with Crippen molar-refractivity contribution >= 4 is 17.3 Å². The van der Waals surface area contributed by atoms with Crippen molar-refractivity contribution in [1.29, 1.82) is 0 Å². The molecule has 1 aromatic carbocycles. The van der Waals surface area contributed by atoms with Crippen LogP contribution in [0.15, 0.2) is 23.9 Å². The first-order valence-corrected chi connectivity index (χ1v) is 4.79. The lowest BCUT2D eigenvalue weighted by molar-refractivity contribution is 0.414. The van der Waals surface area contributed by atoms with E-state index in [4.69, 9.17) is 16.3 Å². The number of rotatable bonds is 3. The number of anilines is 1. The molecule has 0 fully saturated rings. The molecule has 1 rings (SSSR count). The normalized spacial score (nSPS) is 10.6. The van der Waals surface area contributed by atoms with Crippen LogP contribution in [0.3, 0.4) is 0 Å². The molecular weight excluding hydrogens is 198 g/mol. The van der Waals surface area contributed by atoms with Crippen molar-refractivity contribution in [2.45, 2.75) is 13.8 Å². The average molecular weight is 212 g/mol. The lowest BCUT2D eigenvalue weighted by Gasteiger charge is -2.11. The van der Waals surface area contributed by atoms with Gasteiger partial charge in [-0.25, -0.2) is 0 Å². The van der Waals surface area contributed by atoms with Crippen LogP contribution in [0.1, 0.15) is 11.1 Å². The first-order valence-electron chi connectivity index (χ1n) is 4.36. The first kappa shape index (κ1) is 10.9. The minimum absolute atomic E-state index is 0.875. The van der Waals surface area contributed by atoms with Gasteiger partial charge in [0.25, 0.3) is 0 Å². The van der Waals surface area contributed by atoms with E-state index >= 15 is 0 Å². The molecule has 0 saturated carbocycles. The van der Waals surface area contributed by atoms with Gasteiger partial charge >= 0.3 is 0 Å². The van der Waals surface area contributed by atoms with Crippen LogP contribution in [-0.2, 0) is 0 Å². The summed E-state index contributed by atoms with van der Waals surface area (Å²) in [5, 5.41) is 3.11. The van der Waals surface area contributed by atoms with E-state index in [0.29, 0.717) is 0 Å². The summed E-state index contributed by atoms with van der Waals surface area (Å²) < 4.78 is 5.16. The number of halogens is 1. The first-order chi connectivity index (χ1) is 6.69. The fraction of sp³-hybridized carbons (Fsp3) is 0.273. The number of hydrogen-bond acceptors (Lipinski definition) is 2. The Morgan fingerprint density at radius 1 is 1.29 bits per heavy atom. The third-order valence-electron chi connectivity index (χ3n) is 2.03. The molecule has 0 amide bonds. The number of methoxy groups -OCH3 is 1. The van der Waals surface area contributed by atoms with Crippen LogP contribution in [0.5, 0.6) is 5.75 Å². The minimum Gasteiger partial charge on any atom is -0.497 e. The van der Waals surface area contributed by atoms with Gasteiger partial charge in [-0.05, 0) is 37.1 Å². The van der Waals surface area contributed by atoms with Crippen molar-refractivity contribution in [3.8, 4) is 5.75 Å². The van der Waals surface area contributed by atoms with E-state index in [2.05, 4.69) is 5.32 Å². The Labute approximate surface area is 89.5 Å². The Bertz CT molecular complexity index is 324. The maximum absolute atomic E-state index is 5.45. The average Bonchev–Trinajstić information content (AvgIpc) is 2.16. The molecule has 1 N–H and O–H groups in total. The van der Waals surface area contributed by atoms with E-state index in [0.717, 1.165) is 22.6 Å². The standard InChI is InChI=1S/C11H14ClNO/c1-8-6-10(14-3)7-9(2)11(8)13-5-4-12/h4-7,13H,1-3H3/b5-4+. The summed E-state index contributed by atoms with van der Waals surface area (Å²) in [5.41, 5.74) is 4.79. The monoisotopic (exact) mass is 211 g/mol. The topological polar surface area (TPSA) is 21.3 Å². The Morgan fingerprint density at radius 2 is 1.86 bits per heavy atom. The summed E-state index contributed by atoms with van der Waals surface area (Å²) in [7, 11) is 1.67. The van der Waals surface area contributed by atoms with Crippen molar-refractivity contribution in [3.63, 3.8) is 0 Å². The smallest absolute Gasteiger partial charge is 0.119 e. The molecule has 0 aliphatic carbocycles. The third-order valence-corrected chi connectivity index (χ3v) is 2.16. The molecule has 0 aliphatic rings. The second kappa shape index (κ2) is 4.91. The summed E-state index contributed by atoms with van der Waals surface area (Å²) in [4.78, 5) is 0. The van der Waals surface area contributed by atoms with E-state index in [1.807, 2.05) is 26.0 Å². The lowest BCUT2D eigenvalue weighted by atomic mass is 10.1. The Balaban J connectivity index is 3.05. The fourth-order valence-corrected chi connectivity index (χ4v) is 1.45. The molecule has 0 aromatic heterocycles. The Kier molecular flexibility index (Phi) is 3.84. The number of aryl methyl sites for hydroxylation is 2. The van der Waals surface area contributed by atoms with Crippen LogP contribution >= 0.6 is 11.6 Å². The summed E-state index contributed by atoms with van der Waals surface area (Å²) in [5.74, 6) is 0.875. The zero-order chi connectivity index (χ0) is 10.6. The highest BCUT2D eigenvalue weighted by Crippen LogP contribution is 2.25. The van der Waals surface area contributed by atoms with E-state index in [9.17, 15) is 0 Å². The van der Waals surface area contributed by atoms with Gasteiger partial charge in [-0.3, -0.25) is 0 Å². The van der Waals surface area contributed by atoms with Crippen LogP contribution in [0.25, 0.3) is 0 Å². The van der Waals surface area contributed by atoms with Gasteiger partial charge in [0, 0.05) is 17.4 Å². The van der Waals surface area contributed by atoms with E-state index in [1.54, 1.807) is 13.3 Å². The highest BCUT2D eigenvalue weighted by Gasteiger charge is 2.03. The summed E-state index contributed by atoms with van der Waals surface area (Å²) in [6.07, 6.45) is 1.70. The van der Waals surface area contributed by atoms with E-state index in [1.165, 1.54) is 5.54 Å². The van der Waals surface area contributed by atoms with Crippen LogP contribution in [0.4, 0.5) is 5.69 Å². The molecule has 0 radical (unpaired) electrons. The van der Waals surface area contributed by atoms with Crippen LogP contribution in [-0.4, -0.2) is 7.11 Å².